The first-order valence-electron chi connectivity index (χ1n) is 7.16. The summed E-state index contributed by atoms with van der Waals surface area (Å²) in [5.41, 5.74) is 0. The van der Waals surface area contributed by atoms with Gasteiger partial charge in [-0.05, 0) is 19.3 Å². The van der Waals surface area contributed by atoms with Gasteiger partial charge in [0.2, 0.25) is 0 Å². The van der Waals surface area contributed by atoms with E-state index < -0.39 is 0 Å². The molecule has 0 bridgehead atoms. The Labute approximate surface area is 107 Å². The number of hydrogen-bond donors (Lipinski definition) is 3. The van der Waals surface area contributed by atoms with Gasteiger partial charge in [-0.3, -0.25) is 0 Å². The van der Waals surface area contributed by atoms with Crippen molar-refractivity contribution in [1.29, 1.82) is 0 Å². The highest BCUT2D eigenvalue weighted by atomic mass is 16.3. The van der Waals surface area contributed by atoms with E-state index in [1.807, 2.05) is 0 Å². The SMILES string of the molecule is CCCCCCCCCCO.OCCCCO. The second-order valence-corrected chi connectivity index (χ2v) is 4.35. The first-order valence-corrected chi connectivity index (χ1v) is 7.16. The van der Waals surface area contributed by atoms with Crippen LogP contribution in [-0.2, 0) is 0 Å². The van der Waals surface area contributed by atoms with Crippen molar-refractivity contribution in [2.75, 3.05) is 19.8 Å². The Kier molecular flexibility index (Phi) is 24.0. The van der Waals surface area contributed by atoms with Crippen LogP contribution in [0.2, 0.25) is 0 Å². The Bertz CT molecular complexity index is 95.6. The molecular formula is C14H32O3. The molecule has 3 heteroatoms. The minimum absolute atomic E-state index is 0.195. The van der Waals surface area contributed by atoms with Crippen LogP contribution in [0.3, 0.4) is 0 Å². The maximum absolute atomic E-state index is 8.51. The summed E-state index contributed by atoms with van der Waals surface area (Å²) in [5, 5.41) is 24.7. The van der Waals surface area contributed by atoms with Crippen LogP contribution in [0.25, 0.3) is 0 Å². The van der Waals surface area contributed by atoms with E-state index in [2.05, 4.69) is 6.92 Å². The van der Waals surface area contributed by atoms with Gasteiger partial charge in [0.05, 0.1) is 0 Å². The third kappa shape index (κ3) is 25.8. The number of unbranched alkanes of at least 4 members (excludes halogenated alkanes) is 8. The molecular weight excluding hydrogens is 216 g/mol. The van der Waals surface area contributed by atoms with Gasteiger partial charge in [-0.1, -0.05) is 51.9 Å². The zero-order valence-corrected chi connectivity index (χ0v) is 11.5. The third-order valence-corrected chi connectivity index (χ3v) is 2.58. The highest BCUT2D eigenvalue weighted by Gasteiger charge is 1.89. The van der Waals surface area contributed by atoms with Gasteiger partial charge in [0, 0.05) is 19.8 Å². The largest absolute Gasteiger partial charge is 0.396 e. The maximum atomic E-state index is 8.51. The van der Waals surface area contributed by atoms with Crippen LogP contribution >= 0.6 is 0 Å². The normalized spacial score (nSPS) is 9.88. The second kappa shape index (κ2) is 21.2. The Hall–Kier alpha value is -0.120. The predicted molar refractivity (Wildman–Crippen MR) is 73.1 cm³/mol. The zero-order chi connectivity index (χ0) is 13.2. The van der Waals surface area contributed by atoms with Crippen molar-refractivity contribution >= 4 is 0 Å². The first-order chi connectivity index (χ1) is 8.33. The Morgan fingerprint density at radius 1 is 0.471 bits per heavy atom. The Morgan fingerprint density at radius 2 is 0.765 bits per heavy atom. The average Bonchev–Trinajstić information content (AvgIpc) is 2.36. The number of hydrogen-bond acceptors (Lipinski definition) is 3. The molecule has 0 saturated heterocycles. The minimum Gasteiger partial charge on any atom is -0.396 e. The van der Waals surface area contributed by atoms with E-state index in [1.165, 1.54) is 44.9 Å². The topological polar surface area (TPSA) is 60.7 Å². The summed E-state index contributed by atoms with van der Waals surface area (Å²) in [6.45, 7) is 3.00. The Balaban J connectivity index is 0. The molecule has 0 aliphatic rings. The van der Waals surface area contributed by atoms with Gasteiger partial charge in [-0.2, -0.15) is 0 Å². The van der Waals surface area contributed by atoms with Gasteiger partial charge >= 0.3 is 0 Å². The van der Waals surface area contributed by atoms with Crippen molar-refractivity contribution in [2.45, 2.75) is 71.1 Å². The van der Waals surface area contributed by atoms with E-state index in [4.69, 9.17) is 15.3 Å². The fraction of sp³-hybridized carbons (Fsp3) is 1.00. The molecule has 0 aliphatic heterocycles. The first kappa shape index (κ1) is 19.2. The van der Waals surface area contributed by atoms with Crippen molar-refractivity contribution < 1.29 is 15.3 Å². The summed E-state index contributed by atoms with van der Waals surface area (Å²) in [5.74, 6) is 0. The number of rotatable bonds is 11. The lowest BCUT2D eigenvalue weighted by Crippen LogP contribution is -1.85. The molecule has 0 amide bonds. The molecule has 0 atom stereocenters. The number of aliphatic hydroxyl groups is 3. The van der Waals surface area contributed by atoms with Crippen molar-refractivity contribution in [3.63, 3.8) is 0 Å². The maximum Gasteiger partial charge on any atom is 0.0431 e. The predicted octanol–water partition coefficient (Wildman–Crippen LogP) is 2.87. The van der Waals surface area contributed by atoms with Crippen molar-refractivity contribution in [3.8, 4) is 0 Å². The molecule has 0 aromatic carbocycles. The molecule has 0 aromatic heterocycles. The second-order valence-electron chi connectivity index (χ2n) is 4.35. The van der Waals surface area contributed by atoms with E-state index in [1.54, 1.807) is 0 Å². The lowest BCUT2D eigenvalue weighted by Gasteiger charge is -1.98. The van der Waals surface area contributed by atoms with Crippen molar-refractivity contribution in [2.24, 2.45) is 0 Å². The van der Waals surface area contributed by atoms with Crippen molar-refractivity contribution in [1.82, 2.24) is 0 Å². The summed E-state index contributed by atoms with van der Waals surface area (Å²) in [7, 11) is 0. The molecule has 0 fully saturated rings. The molecule has 0 aromatic rings. The average molecular weight is 248 g/mol. The fourth-order valence-electron chi connectivity index (χ4n) is 1.47. The van der Waals surface area contributed by atoms with Gasteiger partial charge in [0.1, 0.15) is 0 Å². The van der Waals surface area contributed by atoms with Crippen LogP contribution in [0.5, 0.6) is 0 Å². The highest BCUT2D eigenvalue weighted by molar-refractivity contribution is 4.44. The molecule has 0 saturated carbocycles. The molecule has 0 radical (unpaired) electrons. The van der Waals surface area contributed by atoms with Crippen LogP contribution in [0.1, 0.15) is 71.1 Å². The van der Waals surface area contributed by atoms with E-state index >= 15 is 0 Å². The summed E-state index contributed by atoms with van der Waals surface area (Å²) in [6.07, 6.45) is 11.8. The lowest BCUT2D eigenvalue weighted by molar-refractivity contribution is 0.242. The van der Waals surface area contributed by atoms with Gasteiger partial charge in [0.25, 0.3) is 0 Å². The van der Waals surface area contributed by atoms with Gasteiger partial charge < -0.3 is 15.3 Å². The van der Waals surface area contributed by atoms with Crippen LogP contribution in [0.15, 0.2) is 0 Å². The smallest absolute Gasteiger partial charge is 0.0431 e. The molecule has 0 aliphatic carbocycles. The molecule has 0 heterocycles. The van der Waals surface area contributed by atoms with Crippen LogP contribution in [-0.4, -0.2) is 35.1 Å². The Morgan fingerprint density at radius 3 is 1.12 bits per heavy atom. The fourth-order valence-corrected chi connectivity index (χ4v) is 1.47. The van der Waals surface area contributed by atoms with Gasteiger partial charge in [-0.15, -0.1) is 0 Å². The van der Waals surface area contributed by atoms with E-state index in [0.717, 1.165) is 19.3 Å². The zero-order valence-electron chi connectivity index (χ0n) is 11.5. The van der Waals surface area contributed by atoms with Crippen LogP contribution < -0.4 is 0 Å². The summed E-state index contributed by atoms with van der Waals surface area (Å²) < 4.78 is 0. The quantitative estimate of drug-likeness (QED) is 0.493. The molecule has 3 N–H and O–H groups in total. The molecule has 0 spiro atoms. The van der Waals surface area contributed by atoms with Gasteiger partial charge in [0.15, 0.2) is 0 Å². The summed E-state index contributed by atoms with van der Waals surface area (Å²) in [6, 6.07) is 0. The summed E-state index contributed by atoms with van der Waals surface area (Å²) >= 11 is 0. The molecule has 17 heavy (non-hydrogen) atoms. The highest BCUT2D eigenvalue weighted by Crippen LogP contribution is 2.07. The van der Waals surface area contributed by atoms with E-state index in [0.29, 0.717) is 6.61 Å². The lowest BCUT2D eigenvalue weighted by atomic mass is 10.1. The monoisotopic (exact) mass is 248 g/mol. The van der Waals surface area contributed by atoms with E-state index in [-0.39, 0.29) is 13.2 Å². The van der Waals surface area contributed by atoms with Crippen LogP contribution in [0, 0.1) is 0 Å². The minimum atomic E-state index is 0.195. The summed E-state index contributed by atoms with van der Waals surface area (Å²) in [4.78, 5) is 0. The standard InChI is InChI=1S/C10H22O.C4H10O2/c1-2-3-4-5-6-7-8-9-10-11;5-3-1-2-4-6/h11H,2-10H2,1H3;5-6H,1-4H2. The van der Waals surface area contributed by atoms with Crippen LogP contribution in [0.4, 0.5) is 0 Å². The number of aliphatic hydroxyl groups excluding tert-OH is 3. The van der Waals surface area contributed by atoms with Gasteiger partial charge in [-0.25, -0.2) is 0 Å². The van der Waals surface area contributed by atoms with E-state index in [9.17, 15) is 0 Å². The van der Waals surface area contributed by atoms with Crippen molar-refractivity contribution in [3.05, 3.63) is 0 Å². The molecule has 0 unspecified atom stereocenters. The molecule has 3 nitrogen and oxygen atoms in total. The molecule has 106 valence electrons. The third-order valence-electron chi connectivity index (χ3n) is 2.58. The molecule has 0 rings (SSSR count).